The number of aliphatic hydroxyl groups is 1. The van der Waals surface area contributed by atoms with Crippen LogP contribution in [0.1, 0.15) is 85.0 Å². The number of ether oxygens (including phenoxy) is 4. The van der Waals surface area contributed by atoms with Crippen LogP contribution in [0.5, 0.6) is 0 Å². The van der Waals surface area contributed by atoms with Gasteiger partial charge in [-0.25, -0.2) is 0 Å². The van der Waals surface area contributed by atoms with Gasteiger partial charge in [0.05, 0.1) is 18.8 Å². The number of allylic oxidation sites excluding steroid dienone is 3. The van der Waals surface area contributed by atoms with Gasteiger partial charge in [-0.1, -0.05) is 42.4 Å². The van der Waals surface area contributed by atoms with Gasteiger partial charge in [0.2, 0.25) is 0 Å². The standard InChI is InChI=1S/C30H48O5/c1-21(2)10-11-22(3)27(34-29-8-4-6-16-32-29)13-12-25-26-19-23(14-15-31)18-24(26)20-28(25)35-30-9-5-7-17-33-30/h10,12-14,22,24-31H,4-9,11,15-20H2,1-3H3/b13-12+,23-14?/t22?,24-,25+,26-,27+,28+,29?,30?/m0/s1. The van der Waals surface area contributed by atoms with E-state index in [2.05, 4.69) is 39.0 Å². The molecule has 2 aliphatic heterocycles. The molecule has 2 saturated carbocycles. The number of hydrogen-bond acceptors (Lipinski definition) is 5. The molecule has 4 aliphatic rings. The van der Waals surface area contributed by atoms with Gasteiger partial charge in [-0.3, -0.25) is 0 Å². The fourth-order valence-corrected chi connectivity index (χ4v) is 6.36. The third-order valence-electron chi connectivity index (χ3n) is 8.36. The second-order valence-electron chi connectivity index (χ2n) is 11.4. The number of rotatable bonds is 10. The van der Waals surface area contributed by atoms with Crippen molar-refractivity contribution in [2.45, 2.75) is 110 Å². The van der Waals surface area contributed by atoms with Crippen molar-refractivity contribution in [3.05, 3.63) is 35.5 Å². The smallest absolute Gasteiger partial charge is 0.158 e. The van der Waals surface area contributed by atoms with E-state index in [1.807, 2.05) is 6.08 Å². The van der Waals surface area contributed by atoms with Crippen LogP contribution in [0, 0.1) is 23.7 Å². The Bertz CT molecular complexity index is 727. The maximum atomic E-state index is 9.44. The molecule has 0 spiro atoms. The van der Waals surface area contributed by atoms with Crippen molar-refractivity contribution in [2.24, 2.45) is 23.7 Å². The highest BCUT2D eigenvalue weighted by molar-refractivity contribution is 5.18. The normalized spacial score (nSPS) is 36.4. The second-order valence-corrected chi connectivity index (χ2v) is 11.4. The van der Waals surface area contributed by atoms with Gasteiger partial charge < -0.3 is 24.1 Å². The van der Waals surface area contributed by atoms with Crippen molar-refractivity contribution in [1.29, 1.82) is 0 Å². The minimum atomic E-state index is -0.0999. The highest BCUT2D eigenvalue weighted by Gasteiger charge is 2.47. The third-order valence-corrected chi connectivity index (χ3v) is 8.36. The predicted molar refractivity (Wildman–Crippen MR) is 139 cm³/mol. The lowest BCUT2D eigenvalue weighted by molar-refractivity contribution is -0.193. The van der Waals surface area contributed by atoms with Crippen molar-refractivity contribution >= 4 is 0 Å². The lowest BCUT2D eigenvalue weighted by atomic mass is 9.89. The summed E-state index contributed by atoms with van der Waals surface area (Å²) in [7, 11) is 0. The van der Waals surface area contributed by atoms with Gasteiger partial charge in [0, 0.05) is 19.1 Å². The first-order chi connectivity index (χ1) is 17.0. The summed E-state index contributed by atoms with van der Waals surface area (Å²) in [6.45, 7) is 8.36. The molecule has 3 unspecified atom stereocenters. The molecule has 0 aromatic carbocycles. The Labute approximate surface area is 212 Å². The van der Waals surface area contributed by atoms with E-state index in [4.69, 9.17) is 18.9 Å². The molecule has 2 heterocycles. The minimum absolute atomic E-state index is 0.0215. The van der Waals surface area contributed by atoms with Gasteiger partial charge in [0.25, 0.3) is 0 Å². The van der Waals surface area contributed by atoms with Gasteiger partial charge in [-0.15, -0.1) is 0 Å². The Morgan fingerprint density at radius 1 is 1.06 bits per heavy atom. The Kier molecular flexibility index (Phi) is 10.5. The van der Waals surface area contributed by atoms with Crippen LogP contribution in [0.3, 0.4) is 0 Å². The maximum Gasteiger partial charge on any atom is 0.158 e. The van der Waals surface area contributed by atoms with E-state index in [9.17, 15) is 5.11 Å². The summed E-state index contributed by atoms with van der Waals surface area (Å²) in [6.07, 6.45) is 20.0. The molecule has 5 heteroatoms. The highest BCUT2D eigenvalue weighted by Crippen LogP contribution is 2.52. The van der Waals surface area contributed by atoms with Gasteiger partial charge in [0.15, 0.2) is 12.6 Å². The van der Waals surface area contributed by atoms with E-state index in [1.54, 1.807) is 0 Å². The van der Waals surface area contributed by atoms with E-state index >= 15 is 0 Å². The van der Waals surface area contributed by atoms with E-state index < -0.39 is 0 Å². The van der Waals surface area contributed by atoms with E-state index in [0.717, 1.165) is 64.6 Å². The molecule has 35 heavy (non-hydrogen) atoms. The largest absolute Gasteiger partial charge is 0.392 e. The Hall–Kier alpha value is -0.980. The van der Waals surface area contributed by atoms with Crippen LogP contribution >= 0.6 is 0 Å². The predicted octanol–water partition coefficient (Wildman–Crippen LogP) is 6.32. The molecule has 0 bridgehead atoms. The summed E-state index contributed by atoms with van der Waals surface area (Å²) in [5.74, 6) is 1.92. The van der Waals surface area contributed by atoms with Gasteiger partial charge in [0.1, 0.15) is 0 Å². The molecular weight excluding hydrogens is 440 g/mol. The molecule has 0 aromatic heterocycles. The summed E-state index contributed by atoms with van der Waals surface area (Å²) in [5, 5.41) is 9.44. The average molecular weight is 489 g/mol. The molecule has 8 atom stereocenters. The first-order valence-electron chi connectivity index (χ1n) is 14.2. The zero-order valence-electron chi connectivity index (χ0n) is 22.2. The topological polar surface area (TPSA) is 57.2 Å². The van der Waals surface area contributed by atoms with Crippen molar-refractivity contribution in [3.8, 4) is 0 Å². The lowest BCUT2D eigenvalue weighted by Gasteiger charge is -2.31. The zero-order valence-corrected chi connectivity index (χ0v) is 22.2. The van der Waals surface area contributed by atoms with Crippen molar-refractivity contribution in [1.82, 2.24) is 0 Å². The van der Waals surface area contributed by atoms with Gasteiger partial charge >= 0.3 is 0 Å². The lowest BCUT2D eigenvalue weighted by Crippen LogP contribution is -2.32. The SMILES string of the molecule is CC(C)=CCC(C)[C@@H](/C=C/[C@@H]1[C@H]2CC(=CCO)C[C@H]2C[C@H]1OC1CCCCO1)OC1CCCCO1. The molecule has 1 N–H and O–H groups in total. The Morgan fingerprint density at radius 3 is 2.46 bits per heavy atom. The molecule has 0 amide bonds. The maximum absolute atomic E-state index is 9.44. The van der Waals surface area contributed by atoms with Crippen LogP contribution in [0.4, 0.5) is 0 Å². The average Bonchev–Trinajstić information content (AvgIpc) is 3.38. The fourth-order valence-electron chi connectivity index (χ4n) is 6.36. The quantitative estimate of drug-likeness (QED) is 0.365. The molecule has 198 valence electrons. The van der Waals surface area contributed by atoms with E-state index in [1.165, 1.54) is 24.0 Å². The summed E-state index contributed by atoms with van der Waals surface area (Å²) >= 11 is 0. The molecular formula is C30H48O5. The van der Waals surface area contributed by atoms with Crippen LogP contribution < -0.4 is 0 Å². The van der Waals surface area contributed by atoms with Gasteiger partial charge in [-0.05, 0) is 95.8 Å². The second kappa shape index (κ2) is 13.5. The van der Waals surface area contributed by atoms with Crippen molar-refractivity contribution in [3.63, 3.8) is 0 Å². The molecule has 2 aliphatic carbocycles. The number of aliphatic hydroxyl groups excluding tert-OH is 1. The molecule has 0 radical (unpaired) electrons. The van der Waals surface area contributed by atoms with Crippen molar-refractivity contribution in [2.75, 3.05) is 19.8 Å². The Morgan fingerprint density at radius 2 is 1.80 bits per heavy atom. The van der Waals surface area contributed by atoms with E-state index in [0.29, 0.717) is 23.7 Å². The van der Waals surface area contributed by atoms with Crippen LogP contribution in [0.15, 0.2) is 35.5 Å². The summed E-state index contributed by atoms with van der Waals surface area (Å²) in [4.78, 5) is 0. The first-order valence-corrected chi connectivity index (χ1v) is 14.2. The summed E-state index contributed by atoms with van der Waals surface area (Å²) in [5.41, 5.74) is 2.76. The monoisotopic (exact) mass is 488 g/mol. The van der Waals surface area contributed by atoms with Gasteiger partial charge in [-0.2, -0.15) is 0 Å². The highest BCUT2D eigenvalue weighted by atomic mass is 16.7. The summed E-state index contributed by atoms with van der Waals surface area (Å²) < 4.78 is 25.0. The molecule has 0 aromatic rings. The molecule has 5 nitrogen and oxygen atoms in total. The minimum Gasteiger partial charge on any atom is -0.392 e. The molecule has 2 saturated heterocycles. The third kappa shape index (κ3) is 7.75. The zero-order chi connectivity index (χ0) is 24.6. The first kappa shape index (κ1) is 27.1. The van der Waals surface area contributed by atoms with Crippen LogP contribution in [0.25, 0.3) is 0 Å². The number of hydrogen-bond donors (Lipinski definition) is 1. The molecule has 4 rings (SSSR count). The van der Waals surface area contributed by atoms with E-state index in [-0.39, 0.29) is 31.4 Å². The van der Waals surface area contributed by atoms with Crippen LogP contribution in [-0.2, 0) is 18.9 Å². The van der Waals surface area contributed by atoms with Crippen LogP contribution in [-0.4, -0.2) is 49.7 Å². The van der Waals surface area contributed by atoms with Crippen LogP contribution in [0.2, 0.25) is 0 Å². The number of fused-ring (bicyclic) bond motifs is 1. The fraction of sp³-hybridized carbons (Fsp3) is 0.800. The Balaban J connectivity index is 1.49. The van der Waals surface area contributed by atoms with Crippen molar-refractivity contribution < 1.29 is 24.1 Å². The summed E-state index contributed by atoms with van der Waals surface area (Å²) in [6, 6.07) is 0. The molecule has 4 fully saturated rings.